The van der Waals surface area contributed by atoms with Gasteiger partial charge in [-0.25, -0.2) is 13.2 Å². The summed E-state index contributed by atoms with van der Waals surface area (Å²) in [6.45, 7) is 0. The van der Waals surface area contributed by atoms with Crippen molar-refractivity contribution in [1.29, 1.82) is 0 Å². The molecule has 3 aromatic rings. The van der Waals surface area contributed by atoms with Crippen molar-refractivity contribution in [2.45, 2.75) is 11.1 Å². The van der Waals surface area contributed by atoms with Gasteiger partial charge < -0.3 is 10.3 Å². The number of rotatable bonds is 4. The van der Waals surface area contributed by atoms with Crippen molar-refractivity contribution in [3.05, 3.63) is 59.8 Å². The first kappa shape index (κ1) is 19.5. The number of alkyl halides is 3. The number of anilines is 1. The molecule has 11 heteroatoms. The van der Waals surface area contributed by atoms with Crippen LogP contribution in [0, 0.1) is 0 Å². The van der Waals surface area contributed by atoms with Crippen LogP contribution in [0.3, 0.4) is 0 Å². The van der Waals surface area contributed by atoms with Gasteiger partial charge in [0.2, 0.25) is 0 Å². The van der Waals surface area contributed by atoms with Crippen LogP contribution in [0.2, 0.25) is 0 Å². The normalized spacial score (nSPS) is 12.3. The number of carboxylic acid groups (broad SMARTS) is 1. The molecule has 2 N–H and O–H groups in total. The van der Waals surface area contributed by atoms with E-state index in [2.05, 4.69) is 0 Å². The first-order valence-corrected chi connectivity index (χ1v) is 9.11. The van der Waals surface area contributed by atoms with Gasteiger partial charge in [-0.05, 0) is 42.5 Å². The Balaban J connectivity index is 2.02. The minimum absolute atomic E-state index is 0.00120. The van der Waals surface area contributed by atoms with E-state index in [1.165, 1.54) is 25.2 Å². The third kappa shape index (κ3) is 3.24. The van der Waals surface area contributed by atoms with E-state index >= 15 is 0 Å². The van der Waals surface area contributed by atoms with Gasteiger partial charge in [0.05, 0.1) is 21.7 Å². The van der Waals surface area contributed by atoms with E-state index in [0.717, 1.165) is 34.6 Å². The van der Waals surface area contributed by atoms with Crippen molar-refractivity contribution in [3.63, 3.8) is 0 Å². The average Bonchev–Trinajstić information content (AvgIpc) is 2.97. The van der Waals surface area contributed by atoms with Crippen molar-refractivity contribution in [2.24, 2.45) is 0 Å². The molecule has 0 aliphatic rings. The Kier molecular flexibility index (Phi) is 4.50. The van der Waals surface area contributed by atoms with E-state index in [1.807, 2.05) is 0 Å². The fourth-order valence-corrected chi connectivity index (χ4v) is 3.85. The highest BCUT2D eigenvalue weighted by atomic mass is 32.2. The van der Waals surface area contributed by atoms with Crippen LogP contribution in [-0.2, 0) is 16.2 Å². The highest BCUT2D eigenvalue weighted by Crippen LogP contribution is 2.32. The van der Waals surface area contributed by atoms with Crippen LogP contribution in [-0.4, -0.2) is 36.5 Å². The third-order valence-corrected chi connectivity index (χ3v) is 5.97. The van der Waals surface area contributed by atoms with Crippen LogP contribution in [0.25, 0.3) is 10.9 Å². The van der Waals surface area contributed by atoms with Gasteiger partial charge in [-0.3, -0.25) is 4.31 Å². The van der Waals surface area contributed by atoms with Crippen LogP contribution in [0.15, 0.2) is 53.4 Å². The summed E-state index contributed by atoms with van der Waals surface area (Å²) in [6, 6.07) is 8.37. The molecule has 0 aliphatic carbocycles. The zero-order valence-electron chi connectivity index (χ0n) is 14.2. The predicted molar refractivity (Wildman–Crippen MR) is 93.1 cm³/mol. The number of hydrogen-bond acceptors (Lipinski definition) is 4. The van der Waals surface area contributed by atoms with E-state index in [0.29, 0.717) is 10.1 Å². The van der Waals surface area contributed by atoms with Crippen molar-refractivity contribution in [1.82, 2.24) is 4.73 Å². The number of benzene rings is 2. The smallest absolute Gasteiger partial charge is 0.416 e. The standard InChI is InChI=1S/C17H13F3N2O5S/c1-21(12-5-3-11(4-6-12)17(18,19)20)28(26,27)13-7-2-10-8-15(16(23)24)22(25)14(10)9-13/h2-9,25H,1H3,(H,23,24). The molecule has 0 fully saturated rings. The molecule has 0 saturated heterocycles. The molecule has 0 radical (unpaired) electrons. The van der Waals surface area contributed by atoms with Crippen molar-refractivity contribution >= 4 is 32.6 Å². The van der Waals surface area contributed by atoms with Crippen molar-refractivity contribution in [3.8, 4) is 0 Å². The van der Waals surface area contributed by atoms with E-state index < -0.39 is 33.4 Å². The molecule has 0 atom stereocenters. The maximum absolute atomic E-state index is 12.8. The molecule has 1 heterocycles. The number of nitrogens with zero attached hydrogens (tertiary/aromatic N) is 2. The minimum atomic E-state index is -4.55. The molecular formula is C17H13F3N2O5S. The third-order valence-electron chi connectivity index (χ3n) is 4.19. The summed E-state index contributed by atoms with van der Waals surface area (Å²) in [7, 11) is -3.01. The molecule has 0 unspecified atom stereocenters. The van der Waals surface area contributed by atoms with Crippen LogP contribution in [0.5, 0.6) is 0 Å². The van der Waals surface area contributed by atoms with Gasteiger partial charge in [-0.15, -0.1) is 0 Å². The number of halogens is 3. The quantitative estimate of drug-likeness (QED) is 0.638. The number of aromatic nitrogens is 1. The lowest BCUT2D eigenvalue weighted by atomic mass is 10.2. The number of hydrogen-bond donors (Lipinski definition) is 2. The first-order valence-electron chi connectivity index (χ1n) is 7.67. The second kappa shape index (κ2) is 6.44. The number of carboxylic acids is 1. The monoisotopic (exact) mass is 414 g/mol. The zero-order valence-corrected chi connectivity index (χ0v) is 15.0. The van der Waals surface area contributed by atoms with E-state index in [4.69, 9.17) is 5.11 Å². The SMILES string of the molecule is CN(c1ccc(C(F)(F)F)cc1)S(=O)(=O)c1ccc2cc(C(=O)O)n(O)c2c1. The molecule has 0 spiro atoms. The lowest BCUT2D eigenvalue weighted by Gasteiger charge is -2.20. The summed E-state index contributed by atoms with van der Waals surface area (Å²) in [5.41, 5.74) is -1.40. The Morgan fingerprint density at radius 2 is 1.68 bits per heavy atom. The summed E-state index contributed by atoms with van der Waals surface area (Å²) >= 11 is 0. The number of fused-ring (bicyclic) bond motifs is 1. The Labute approximate surface area is 156 Å². The second-order valence-corrected chi connectivity index (χ2v) is 7.85. The van der Waals surface area contributed by atoms with Gasteiger partial charge >= 0.3 is 12.1 Å². The van der Waals surface area contributed by atoms with Crippen LogP contribution in [0.4, 0.5) is 18.9 Å². The Hall–Kier alpha value is -3.21. The number of aromatic carboxylic acids is 1. The maximum atomic E-state index is 12.8. The van der Waals surface area contributed by atoms with Crippen molar-refractivity contribution < 1.29 is 36.7 Å². The molecule has 1 aromatic heterocycles. The zero-order chi connectivity index (χ0) is 20.9. The molecule has 2 aromatic carbocycles. The summed E-state index contributed by atoms with van der Waals surface area (Å²) in [5, 5.41) is 19.3. The summed E-state index contributed by atoms with van der Waals surface area (Å²) in [6.07, 6.45) is -4.55. The van der Waals surface area contributed by atoms with Crippen LogP contribution in [0.1, 0.15) is 16.1 Å². The maximum Gasteiger partial charge on any atom is 0.416 e. The minimum Gasteiger partial charge on any atom is -0.476 e. The van der Waals surface area contributed by atoms with E-state index in [9.17, 15) is 31.6 Å². The average molecular weight is 414 g/mol. The van der Waals surface area contributed by atoms with Gasteiger partial charge in [0.1, 0.15) is 0 Å². The molecule has 7 nitrogen and oxygen atoms in total. The highest BCUT2D eigenvalue weighted by molar-refractivity contribution is 7.92. The summed E-state index contributed by atoms with van der Waals surface area (Å²) in [4.78, 5) is 10.8. The second-order valence-electron chi connectivity index (χ2n) is 5.88. The summed E-state index contributed by atoms with van der Waals surface area (Å²) < 4.78 is 64.8. The van der Waals surface area contributed by atoms with Crippen LogP contribution >= 0.6 is 0 Å². The fourth-order valence-electron chi connectivity index (χ4n) is 2.64. The largest absolute Gasteiger partial charge is 0.476 e. The highest BCUT2D eigenvalue weighted by Gasteiger charge is 2.31. The lowest BCUT2D eigenvalue weighted by molar-refractivity contribution is -0.137. The van der Waals surface area contributed by atoms with Gasteiger partial charge in [-0.2, -0.15) is 17.9 Å². The molecule has 3 rings (SSSR count). The molecule has 0 aliphatic heterocycles. The van der Waals surface area contributed by atoms with Gasteiger partial charge in [0.15, 0.2) is 5.69 Å². The van der Waals surface area contributed by atoms with Gasteiger partial charge in [0.25, 0.3) is 10.0 Å². The molecule has 28 heavy (non-hydrogen) atoms. The fraction of sp³-hybridized carbons (Fsp3) is 0.118. The Bertz CT molecular complexity index is 1170. The van der Waals surface area contributed by atoms with Gasteiger partial charge in [0, 0.05) is 12.4 Å². The molecule has 0 saturated carbocycles. The van der Waals surface area contributed by atoms with Crippen molar-refractivity contribution in [2.75, 3.05) is 11.4 Å². The van der Waals surface area contributed by atoms with E-state index in [-0.39, 0.29) is 16.1 Å². The molecular weight excluding hydrogens is 401 g/mol. The number of sulfonamides is 1. The molecule has 0 amide bonds. The Morgan fingerprint density at radius 1 is 1.07 bits per heavy atom. The first-order chi connectivity index (χ1) is 12.9. The predicted octanol–water partition coefficient (Wildman–Crippen LogP) is 3.42. The lowest BCUT2D eigenvalue weighted by Crippen LogP contribution is -2.26. The molecule has 0 bridgehead atoms. The van der Waals surface area contributed by atoms with Crippen LogP contribution < -0.4 is 4.31 Å². The van der Waals surface area contributed by atoms with Gasteiger partial charge in [-0.1, -0.05) is 6.07 Å². The summed E-state index contributed by atoms with van der Waals surface area (Å²) in [5.74, 6) is -1.40. The topological polar surface area (TPSA) is 99.8 Å². The Morgan fingerprint density at radius 3 is 2.21 bits per heavy atom. The molecule has 148 valence electrons. The van der Waals surface area contributed by atoms with E-state index in [1.54, 1.807) is 0 Å². The number of carbonyl (C=O) groups is 1.